The normalized spacial score (nSPS) is 31.5. The molecule has 2 aliphatic rings. The highest BCUT2D eigenvalue weighted by molar-refractivity contribution is 14.1. The summed E-state index contributed by atoms with van der Waals surface area (Å²) in [6.45, 7) is 2.21. The van der Waals surface area contributed by atoms with Crippen LogP contribution in [0, 0.1) is 0 Å². The number of hydrogen-bond acceptors (Lipinski definition) is 3. The standard InChI is InChI=1S/C18H24IN3/c1-2-18(17(19)12-20-13-21-18)22-16-10-8-15(9-11-16)14-6-4-3-5-7-14/h3-7,12-13,15-16,22H,2,8-11H2,1H3,(H,20,21). The van der Waals surface area contributed by atoms with Gasteiger partial charge < -0.3 is 5.32 Å². The van der Waals surface area contributed by atoms with Gasteiger partial charge in [-0.1, -0.05) is 37.3 Å². The van der Waals surface area contributed by atoms with Crippen molar-refractivity contribution in [1.82, 2.24) is 10.6 Å². The summed E-state index contributed by atoms with van der Waals surface area (Å²) in [4.78, 5) is 4.71. The van der Waals surface area contributed by atoms with Crippen molar-refractivity contribution in [3.05, 3.63) is 45.7 Å². The highest BCUT2D eigenvalue weighted by Gasteiger charge is 2.35. The van der Waals surface area contributed by atoms with Crippen LogP contribution in [0.25, 0.3) is 0 Å². The van der Waals surface area contributed by atoms with E-state index in [-0.39, 0.29) is 5.66 Å². The van der Waals surface area contributed by atoms with Gasteiger partial charge in [-0.15, -0.1) is 0 Å². The molecule has 0 saturated heterocycles. The maximum absolute atomic E-state index is 4.71. The zero-order valence-corrected chi connectivity index (χ0v) is 15.2. The molecule has 0 radical (unpaired) electrons. The lowest BCUT2D eigenvalue weighted by Crippen LogP contribution is -2.51. The van der Waals surface area contributed by atoms with Crippen LogP contribution in [0.3, 0.4) is 0 Å². The molecule has 1 unspecified atom stereocenters. The molecule has 1 aliphatic heterocycles. The third-order valence-corrected chi connectivity index (χ3v) is 6.12. The van der Waals surface area contributed by atoms with Crippen LogP contribution in [-0.4, -0.2) is 18.0 Å². The fourth-order valence-electron chi connectivity index (χ4n) is 3.54. The summed E-state index contributed by atoms with van der Waals surface area (Å²) in [5.74, 6) is 0.725. The fourth-order valence-corrected chi connectivity index (χ4v) is 4.40. The Labute approximate surface area is 146 Å². The maximum atomic E-state index is 4.71. The highest BCUT2D eigenvalue weighted by Crippen LogP contribution is 2.36. The molecule has 2 N–H and O–H groups in total. The van der Waals surface area contributed by atoms with Gasteiger partial charge in [-0.05, 0) is 66.2 Å². The van der Waals surface area contributed by atoms with Crippen LogP contribution in [0.1, 0.15) is 50.5 Å². The van der Waals surface area contributed by atoms with Crippen LogP contribution < -0.4 is 10.6 Å². The lowest BCUT2D eigenvalue weighted by atomic mass is 9.81. The Morgan fingerprint density at radius 3 is 2.59 bits per heavy atom. The second kappa shape index (κ2) is 7.13. The van der Waals surface area contributed by atoms with E-state index in [1.165, 1.54) is 34.8 Å². The minimum atomic E-state index is -0.212. The number of halogens is 1. The van der Waals surface area contributed by atoms with Crippen molar-refractivity contribution in [2.24, 2.45) is 4.99 Å². The van der Waals surface area contributed by atoms with E-state index in [1.807, 2.05) is 6.34 Å². The van der Waals surface area contributed by atoms with Gasteiger partial charge in [0.1, 0.15) is 5.66 Å². The monoisotopic (exact) mass is 409 g/mol. The van der Waals surface area contributed by atoms with E-state index >= 15 is 0 Å². The predicted octanol–water partition coefficient (Wildman–Crippen LogP) is 4.32. The lowest BCUT2D eigenvalue weighted by molar-refractivity contribution is 0.272. The summed E-state index contributed by atoms with van der Waals surface area (Å²) < 4.78 is 1.25. The molecule has 22 heavy (non-hydrogen) atoms. The molecule has 118 valence electrons. The maximum Gasteiger partial charge on any atom is 0.145 e. The van der Waals surface area contributed by atoms with Crippen LogP contribution in [-0.2, 0) is 0 Å². The molecule has 3 rings (SSSR count). The van der Waals surface area contributed by atoms with Gasteiger partial charge in [-0.25, -0.2) is 4.99 Å². The molecular weight excluding hydrogens is 385 g/mol. The first kappa shape index (κ1) is 16.0. The molecule has 0 aromatic heterocycles. The SMILES string of the molecule is CCC1(NC2CCC(c3ccccc3)CC2)N=CNC=C1I. The molecule has 1 fully saturated rings. The van der Waals surface area contributed by atoms with E-state index < -0.39 is 0 Å². The first-order valence-electron chi connectivity index (χ1n) is 8.22. The van der Waals surface area contributed by atoms with Crippen LogP contribution in [0.2, 0.25) is 0 Å². The minimum absolute atomic E-state index is 0.212. The predicted molar refractivity (Wildman–Crippen MR) is 101 cm³/mol. The molecule has 1 aromatic rings. The number of nitrogens with one attached hydrogen (secondary N) is 2. The Bertz CT molecular complexity index is 547. The Hall–Kier alpha value is -0.880. The van der Waals surface area contributed by atoms with E-state index in [1.54, 1.807) is 0 Å². The van der Waals surface area contributed by atoms with Gasteiger partial charge in [0.25, 0.3) is 0 Å². The van der Waals surface area contributed by atoms with Gasteiger partial charge in [-0.3, -0.25) is 5.32 Å². The molecule has 1 atom stereocenters. The molecule has 3 nitrogen and oxygen atoms in total. The summed E-state index contributed by atoms with van der Waals surface area (Å²) in [6.07, 6.45) is 9.85. The molecule has 0 spiro atoms. The van der Waals surface area contributed by atoms with Gasteiger partial charge in [0.05, 0.1) is 6.34 Å². The molecule has 0 amide bonds. The number of aliphatic imine (C=N–C) groups is 1. The fraction of sp³-hybridized carbons (Fsp3) is 0.500. The largest absolute Gasteiger partial charge is 0.352 e. The minimum Gasteiger partial charge on any atom is -0.352 e. The summed E-state index contributed by atoms with van der Waals surface area (Å²) in [5.41, 5.74) is 1.29. The summed E-state index contributed by atoms with van der Waals surface area (Å²) >= 11 is 2.40. The van der Waals surface area contributed by atoms with E-state index in [9.17, 15) is 0 Å². The lowest BCUT2D eigenvalue weighted by Gasteiger charge is -2.38. The van der Waals surface area contributed by atoms with Crippen LogP contribution in [0.5, 0.6) is 0 Å². The van der Waals surface area contributed by atoms with Gasteiger partial charge in [-0.2, -0.15) is 0 Å². The molecule has 0 bridgehead atoms. The highest BCUT2D eigenvalue weighted by atomic mass is 127. The van der Waals surface area contributed by atoms with E-state index in [2.05, 4.69) is 76.7 Å². The van der Waals surface area contributed by atoms with Crippen LogP contribution in [0.4, 0.5) is 0 Å². The van der Waals surface area contributed by atoms with Crippen molar-refractivity contribution in [3.63, 3.8) is 0 Å². The van der Waals surface area contributed by atoms with Crippen molar-refractivity contribution in [1.29, 1.82) is 0 Å². The summed E-state index contributed by atoms with van der Waals surface area (Å²) in [7, 11) is 0. The first-order valence-corrected chi connectivity index (χ1v) is 9.30. The zero-order chi connectivity index (χ0) is 15.4. The van der Waals surface area contributed by atoms with E-state index in [0.29, 0.717) is 6.04 Å². The number of rotatable bonds is 4. The third kappa shape index (κ3) is 3.38. The Balaban J connectivity index is 1.61. The third-order valence-electron chi connectivity index (χ3n) is 4.92. The molecule has 1 saturated carbocycles. The van der Waals surface area contributed by atoms with Gasteiger partial charge >= 0.3 is 0 Å². The first-order chi connectivity index (χ1) is 10.7. The molecule has 1 aromatic carbocycles. The Morgan fingerprint density at radius 1 is 1.23 bits per heavy atom. The Morgan fingerprint density at radius 2 is 1.95 bits per heavy atom. The zero-order valence-electron chi connectivity index (χ0n) is 13.1. The number of nitrogens with zero attached hydrogens (tertiary/aromatic N) is 1. The second-order valence-electron chi connectivity index (χ2n) is 6.23. The molecule has 1 aliphatic carbocycles. The quantitative estimate of drug-likeness (QED) is 0.727. The molecule has 1 heterocycles. The van der Waals surface area contributed by atoms with Crippen molar-refractivity contribution >= 4 is 28.9 Å². The van der Waals surface area contributed by atoms with Crippen molar-refractivity contribution in [3.8, 4) is 0 Å². The van der Waals surface area contributed by atoms with Crippen LogP contribution >= 0.6 is 22.6 Å². The van der Waals surface area contributed by atoms with E-state index in [4.69, 9.17) is 4.99 Å². The van der Waals surface area contributed by atoms with Crippen LogP contribution in [0.15, 0.2) is 45.1 Å². The average Bonchev–Trinajstić information content (AvgIpc) is 2.58. The van der Waals surface area contributed by atoms with Crippen molar-refractivity contribution in [2.45, 2.75) is 56.7 Å². The van der Waals surface area contributed by atoms with Gasteiger partial charge in [0, 0.05) is 15.8 Å². The average molecular weight is 409 g/mol. The topological polar surface area (TPSA) is 36.4 Å². The summed E-state index contributed by atoms with van der Waals surface area (Å²) in [6, 6.07) is 11.5. The van der Waals surface area contributed by atoms with Gasteiger partial charge in [0.15, 0.2) is 0 Å². The molecule has 4 heteroatoms. The molecular formula is C18H24IN3. The second-order valence-corrected chi connectivity index (χ2v) is 7.40. The van der Waals surface area contributed by atoms with Crippen molar-refractivity contribution < 1.29 is 0 Å². The van der Waals surface area contributed by atoms with Crippen molar-refractivity contribution in [2.75, 3.05) is 0 Å². The Kier molecular flexibility index (Phi) is 5.18. The summed E-state index contributed by atoms with van der Waals surface area (Å²) in [5, 5.41) is 6.92. The number of hydrogen-bond donors (Lipinski definition) is 2. The smallest absolute Gasteiger partial charge is 0.145 e. The van der Waals surface area contributed by atoms with E-state index in [0.717, 1.165) is 12.3 Å². The number of benzene rings is 1. The van der Waals surface area contributed by atoms with Gasteiger partial charge in [0.2, 0.25) is 0 Å².